The highest BCUT2D eigenvalue weighted by Gasteiger charge is 2.71. The number of ketones is 1. The van der Waals surface area contributed by atoms with Crippen LogP contribution in [-0.2, 0) is 23.9 Å². The number of halogens is 1. The first-order chi connectivity index (χ1) is 13.5. The van der Waals surface area contributed by atoms with Crippen molar-refractivity contribution in [3.05, 3.63) is 22.8 Å². The van der Waals surface area contributed by atoms with E-state index in [2.05, 4.69) is 6.92 Å². The van der Waals surface area contributed by atoms with Crippen LogP contribution in [0.5, 0.6) is 0 Å². The molecule has 7 atom stereocenters. The number of hydrogen-bond donors (Lipinski definition) is 1. The molecule has 0 unspecified atom stereocenters. The highest BCUT2D eigenvalue weighted by atomic mass is 35.5. The van der Waals surface area contributed by atoms with Gasteiger partial charge in [-0.1, -0.05) is 31.5 Å². The normalized spacial score (nSPS) is 45.8. The smallest absolute Gasteiger partial charge is 0.331 e. The standard InChI is InChI=1S/C22H27ClO6/c1-11(24)22(29-12(2)25)18(26)8-15-13-7-17(23)16-9-19(27)28-10-20(16,3)14(13)5-6-21(15,22)4/h7,9,13-15,18,26H,5-6,8,10H2,1-4H3/t13-,14+,15+,18-,20-,21+,22-/m1/s1. The van der Waals surface area contributed by atoms with E-state index in [0.717, 1.165) is 12.0 Å². The van der Waals surface area contributed by atoms with Crippen molar-refractivity contribution in [3.63, 3.8) is 0 Å². The number of fused-ring (bicyclic) bond motifs is 5. The molecule has 2 saturated carbocycles. The van der Waals surface area contributed by atoms with E-state index < -0.39 is 28.5 Å². The van der Waals surface area contributed by atoms with Crippen molar-refractivity contribution >= 4 is 29.3 Å². The Kier molecular flexibility index (Phi) is 4.56. The maximum Gasteiger partial charge on any atom is 0.331 e. The van der Waals surface area contributed by atoms with Gasteiger partial charge in [0.25, 0.3) is 0 Å². The molecule has 0 amide bonds. The summed E-state index contributed by atoms with van der Waals surface area (Å²) < 4.78 is 11.0. The monoisotopic (exact) mass is 422 g/mol. The highest BCUT2D eigenvalue weighted by Crippen LogP contribution is 2.67. The van der Waals surface area contributed by atoms with Gasteiger partial charge >= 0.3 is 11.9 Å². The maximum absolute atomic E-state index is 12.8. The molecule has 0 aromatic rings. The molecule has 0 radical (unpaired) electrons. The number of allylic oxidation sites excluding steroid dienone is 2. The number of cyclic esters (lactones) is 1. The zero-order valence-corrected chi connectivity index (χ0v) is 17.9. The lowest BCUT2D eigenvalue weighted by molar-refractivity contribution is -0.198. The van der Waals surface area contributed by atoms with E-state index in [4.69, 9.17) is 21.1 Å². The molecule has 29 heavy (non-hydrogen) atoms. The van der Waals surface area contributed by atoms with Crippen LogP contribution < -0.4 is 0 Å². The van der Waals surface area contributed by atoms with Gasteiger partial charge in [-0.15, -0.1) is 0 Å². The average Bonchev–Trinajstić information content (AvgIpc) is 2.85. The molecule has 3 aliphatic carbocycles. The van der Waals surface area contributed by atoms with Gasteiger partial charge < -0.3 is 14.6 Å². The summed E-state index contributed by atoms with van der Waals surface area (Å²) in [6, 6.07) is 0. The van der Waals surface area contributed by atoms with E-state index in [1.165, 1.54) is 19.9 Å². The van der Waals surface area contributed by atoms with E-state index in [0.29, 0.717) is 17.9 Å². The number of rotatable bonds is 2. The SMILES string of the molecule is CC(=O)O[C@]1(C(C)=O)[C@H](O)C[C@H]2[C@@H]3C=C(Cl)C4=CC(=O)OC[C@]4(C)[C@H]3CC[C@@]21C. The molecule has 6 nitrogen and oxygen atoms in total. The fourth-order valence-corrected chi connectivity index (χ4v) is 7.25. The lowest BCUT2D eigenvalue weighted by Crippen LogP contribution is -2.61. The minimum Gasteiger partial charge on any atom is -0.462 e. The van der Waals surface area contributed by atoms with E-state index >= 15 is 0 Å². The van der Waals surface area contributed by atoms with Crippen LogP contribution in [0.4, 0.5) is 0 Å². The molecule has 4 rings (SSSR count). The zero-order chi connectivity index (χ0) is 21.4. The summed E-state index contributed by atoms with van der Waals surface area (Å²) in [5.41, 5.74) is -1.87. The van der Waals surface area contributed by atoms with Crippen LogP contribution in [0.3, 0.4) is 0 Å². The first kappa shape index (κ1) is 20.6. The number of hydrogen-bond acceptors (Lipinski definition) is 6. The molecule has 0 aromatic heterocycles. The molecular formula is C22H27ClO6. The zero-order valence-electron chi connectivity index (χ0n) is 17.2. The first-order valence-corrected chi connectivity index (χ1v) is 10.5. The second kappa shape index (κ2) is 6.42. The first-order valence-electron chi connectivity index (χ1n) is 10.1. The largest absolute Gasteiger partial charge is 0.462 e. The lowest BCUT2D eigenvalue weighted by atomic mass is 9.49. The van der Waals surface area contributed by atoms with Crippen LogP contribution in [0.2, 0.25) is 0 Å². The van der Waals surface area contributed by atoms with Gasteiger partial charge in [0.15, 0.2) is 5.78 Å². The number of ether oxygens (including phenoxy) is 2. The van der Waals surface area contributed by atoms with E-state index in [9.17, 15) is 19.5 Å². The molecule has 0 aromatic carbocycles. The van der Waals surface area contributed by atoms with Gasteiger partial charge in [0.05, 0.1) is 0 Å². The number of carbonyl (C=O) groups excluding carboxylic acids is 3. The van der Waals surface area contributed by atoms with Crippen LogP contribution in [0, 0.1) is 28.6 Å². The summed E-state index contributed by atoms with van der Waals surface area (Å²) >= 11 is 6.63. The second-order valence-electron chi connectivity index (χ2n) is 9.48. The van der Waals surface area contributed by atoms with E-state index in [-0.39, 0.29) is 36.1 Å². The second-order valence-corrected chi connectivity index (χ2v) is 9.89. The van der Waals surface area contributed by atoms with Gasteiger partial charge in [-0.3, -0.25) is 9.59 Å². The molecule has 4 aliphatic rings. The third kappa shape index (κ3) is 2.54. The Bertz CT molecular complexity index is 861. The molecule has 2 fully saturated rings. The average molecular weight is 423 g/mol. The minimum atomic E-state index is -1.55. The van der Waals surface area contributed by atoms with Crippen LogP contribution in [0.1, 0.15) is 47.0 Å². The third-order valence-corrected chi connectivity index (χ3v) is 8.48. The van der Waals surface area contributed by atoms with Gasteiger partial charge in [0.2, 0.25) is 5.60 Å². The van der Waals surface area contributed by atoms with Gasteiger partial charge in [0.1, 0.15) is 12.7 Å². The van der Waals surface area contributed by atoms with Crippen LogP contribution >= 0.6 is 11.6 Å². The summed E-state index contributed by atoms with van der Waals surface area (Å²) in [4.78, 5) is 36.5. The maximum atomic E-state index is 12.8. The lowest BCUT2D eigenvalue weighted by Gasteiger charge is -2.57. The predicted octanol–water partition coefficient (Wildman–Crippen LogP) is 2.92. The van der Waals surface area contributed by atoms with Gasteiger partial charge in [0, 0.05) is 28.9 Å². The number of aliphatic hydroxyl groups excluding tert-OH is 1. The van der Waals surface area contributed by atoms with E-state index in [1.54, 1.807) is 0 Å². The number of carbonyl (C=O) groups is 3. The van der Waals surface area contributed by atoms with Crippen molar-refractivity contribution in [2.24, 2.45) is 28.6 Å². The Morgan fingerprint density at radius 3 is 2.59 bits per heavy atom. The van der Waals surface area contributed by atoms with Crippen LogP contribution in [0.15, 0.2) is 22.8 Å². The Morgan fingerprint density at radius 2 is 1.97 bits per heavy atom. The third-order valence-electron chi connectivity index (χ3n) is 8.15. The van der Waals surface area contributed by atoms with Crippen molar-refractivity contribution in [3.8, 4) is 0 Å². The Labute approximate surface area is 175 Å². The molecule has 1 N–H and O–H groups in total. The molecule has 1 heterocycles. The molecular weight excluding hydrogens is 396 g/mol. The molecule has 1 aliphatic heterocycles. The van der Waals surface area contributed by atoms with Gasteiger partial charge in [-0.05, 0) is 49.5 Å². The minimum absolute atomic E-state index is 0.0216. The van der Waals surface area contributed by atoms with Crippen molar-refractivity contribution in [2.45, 2.75) is 58.7 Å². The van der Waals surface area contributed by atoms with E-state index in [1.807, 2.05) is 13.0 Å². The van der Waals surface area contributed by atoms with Crippen molar-refractivity contribution in [2.75, 3.05) is 6.61 Å². The fourth-order valence-electron chi connectivity index (χ4n) is 6.83. The Balaban J connectivity index is 1.83. The summed E-state index contributed by atoms with van der Waals surface area (Å²) in [7, 11) is 0. The Morgan fingerprint density at radius 1 is 1.28 bits per heavy atom. The molecule has 0 bridgehead atoms. The van der Waals surface area contributed by atoms with Gasteiger partial charge in [-0.25, -0.2) is 4.79 Å². The van der Waals surface area contributed by atoms with Crippen LogP contribution in [-0.4, -0.2) is 41.1 Å². The fraction of sp³-hybridized carbons (Fsp3) is 0.682. The number of esters is 2. The molecule has 0 spiro atoms. The number of aliphatic hydroxyl groups is 1. The van der Waals surface area contributed by atoms with Crippen molar-refractivity contribution in [1.29, 1.82) is 0 Å². The van der Waals surface area contributed by atoms with Crippen LogP contribution in [0.25, 0.3) is 0 Å². The molecule has 0 saturated heterocycles. The predicted molar refractivity (Wildman–Crippen MR) is 105 cm³/mol. The topological polar surface area (TPSA) is 89.9 Å². The van der Waals surface area contributed by atoms with Crippen molar-refractivity contribution < 1.29 is 29.0 Å². The Hall–Kier alpha value is -1.66. The summed E-state index contributed by atoms with van der Waals surface area (Å²) in [5.74, 6) is -1.25. The molecule has 158 valence electrons. The number of Topliss-reactive ketones (excluding diaryl/α,β-unsaturated/α-hetero) is 1. The summed E-state index contributed by atoms with van der Waals surface area (Å²) in [6.45, 7) is 6.93. The highest BCUT2D eigenvalue weighted by molar-refractivity contribution is 6.32. The quantitative estimate of drug-likeness (QED) is 0.688. The molecule has 7 heteroatoms. The van der Waals surface area contributed by atoms with Crippen molar-refractivity contribution in [1.82, 2.24) is 0 Å². The summed E-state index contributed by atoms with van der Waals surface area (Å²) in [6.07, 6.45) is 4.09. The summed E-state index contributed by atoms with van der Waals surface area (Å²) in [5, 5.41) is 11.5. The van der Waals surface area contributed by atoms with Gasteiger partial charge in [-0.2, -0.15) is 0 Å².